The molecule has 54 heavy (non-hydrogen) atoms. The SMILES string of the molecule is Cn1cc(-c2ccc(CN3CCC(CCN4CCC(c5ccc(NC6CCC(=O)NC6=O)cc5)CC4)CC3)c(OC(F)(F)F)c2)c2cc(F)ccc2c1=O. The molecule has 9 nitrogen and oxygen atoms in total. The predicted molar refractivity (Wildman–Crippen MR) is 199 cm³/mol. The fourth-order valence-electron chi connectivity index (χ4n) is 8.15. The summed E-state index contributed by atoms with van der Waals surface area (Å²) in [6, 6.07) is 16.4. The van der Waals surface area contributed by atoms with Crippen LogP contribution in [-0.2, 0) is 23.2 Å². The largest absolute Gasteiger partial charge is 0.573 e. The molecule has 1 unspecified atom stereocenters. The average molecular weight is 748 g/mol. The molecular formula is C41H45F4N5O4. The third-order valence-corrected chi connectivity index (χ3v) is 11.3. The van der Waals surface area contributed by atoms with Crippen LogP contribution in [0.25, 0.3) is 21.9 Å². The summed E-state index contributed by atoms with van der Waals surface area (Å²) in [6.45, 7) is 4.95. The van der Waals surface area contributed by atoms with E-state index in [-0.39, 0.29) is 28.5 Å². The van der Waals surface area contributed by atoms with E-state index >= 15 is 0 Å². The Labute approximate surface area is 311 Å². The van der Waals surface area contributed by atoms with Crippen LogP contribution in [0.1, 0.15) is 62.0 Å². The zero-order valence-corrected chi connectivity index (χ0v) is 30.3. The van der Waals surface area contributed by atoms with Crippen molar-refractivity contribution in [2.24, 2.45) is 13.0 Å². The summed E-state index contributed by atoms with van der Waals surface area (Å²) >= 11 is 0. The Balaban J connectivity index is 0.898. The molecule has 4 aromatic rings. The first-order valence-electron chi connectivity index (χ1n) is 18.7. The van der Waals surface area contributed by atoms with Crippen molar-refractivity contribution in [3.8, 4) is 16.9 Å². The van der Waals surface area contributed by atoms with Crippen molar-refractivity contribution in [3.05, 3.63) is 94.2 Å². The van der Waals surface area contributed by atoms with Gasteiger partial charge in [0.15, 0.2) is 0 Å². The van der Waals surface area contributed by atoms with Crippen LogP contribution in [0.5, 0.6) is 5.75 Å². The van der Waals surface area contributed by atoms with E-state index in [0.717, 1.165) is 70.5 Å². The van der Waals surface area contributed by atoms with E-state index < -0.39 is 18.2 Å². The first-order valence-corrected chi connectivity index (χ1v) is 18.7. The number of nitrogens with one attached hydrogen (secondary N) is 2. The van der Waals surface area contributed by atoms with Gasteiger partial charge in [0.25, 0.3) is 5.56 Å². The summed E-state index contributed by atoms with van der Waals surface area (Å²) in [5, 5.41) is 6.22. The van der Waals surface area contributed by atoms with E-state index in [1.807, 2.05) is 12.1 Å². The van der Waals surface area contributed by atoms with Crippen molar-refractivity contribution in [2.75, 3.05) is 38.0 Å². The number of anilines is 1. The number of piperidine rings is 3. The molecule has 3 aliphatic rings. The Kier molecular flexibility index (Phi) is 11.1. The molecule has 0 aliphatic carbocycles. The number of rotatable bonds is 10. The smallest absolute Gasteiger partial charge is 0.405 e. The standard InChI is InChI=1S/C41H45F4N5O4/c1-48-25-35(34-23-31(42)6-9-33(34)40(48)53)29-2-3-30(37(22-29)54-41(43,44)45)24-50-18-13-26(14-19-50)12-17-49-20-15-28(16-21-49)27-4-7-32(8-5-27)46-36-10-11-38(51)47-39(36)52/h2-9,22-23,25-26,28,36,46H,10-21,24H2,1H3,(H,47,51,52). The molecule has 7 rings (SSSR count). The third kappa shape index (κ3) is 8.95. The van der Waals surface area contributed by atoms with Gasteiger partial charge < -0.3 is 19.5 Å². The van der Waals surface area contributed by atoms with Gasteiger partial charge in [0.1, 0.15) is 17.6 Å². The molecule has 13 heteroatoms. The topological polar surface area (TPSA) is 95.9 Å². The maximum absolute atomic E-state index is 14.2. The summed E-state index contributed by atoms with van der Waals surface area (Å²) in [5.74, 6) is -0.316. The van der Waals surface area contributed by atoms with E-state index in [2.05, 4.69) is 37.3 Å². The number of aromatic nitrogens is 1. The number of aryl methyl sites for hydroxylation is 1. The monoisotopic (exact) mass is 747 g/mol. The molecule has 1 aromatic heterocycles. The van der Waals surface area contributed by atoms with Crippen LogP contribution < -0.4 is 20.9 Å². The van der Waals surface area contributed by atoms with Crippen molar-refractivity contribution in [1.82, 2.24) is 19.7 Å². The van der Waals surface area contributed by atoms with Gasteiger partial charge in [-0.25, -0.2) is 4.39 Å². The zero-order valence-electron chi connectivity index (χ0n) is 30.3. The summed E-state index contributed by atoms with van der Waals surface area (Å²) in [6.07, 6.45) is 2.63. The molecule has 0 spiro atoms. The summed E-state index contributed by atoms with van der Waals surface area (Å²) in [7, 11) is 1.55. The molecule has 2 amide bonds. The lowest BCUT2D eigenvalue weighted by Gasteiger charge is -2.35. The van der Waals surface area contributed by atoms with Crippen LogP contribution in [0, 0.1) is 11.7 Å². The average Bonchev–Trinajstić information content (AvgIpc) is 3.14. The number of alkyl halides is 3. The molecule has 4 heterocycles. The second kappa shape index (κ2) is 15.9. The summed E-state index contributed by atoms with van der Waals surface area (Å²) in [4.78, 5) is 40.9. The highest BCUT2D eigenvalue weighted by molar-refractivity contribution is 6.01. The summed E-state index contributed by atoms with van der Waals surface area (Å²) in [5.41, 5.74) is 3.08. The number of carbonyl (C=O) groups is 2. The number of pyridine rings is 1. The Morgan fingerprint density at radius 3 is 2.28 bits per heavy atom. The fraction of sp³-hybridized carbons (Fsp3) is 0.439. The molecular weight excluding hydrogens is 702 g/mol. The lowest BCUT2D eigenvalue weighted by molar-refractivity contribution is -0.275. The number of hydrogen-bond donors (Lipinski definition) is 2. The van der Waals surface area contributed by atoms with Gasteiger partial charge in [0.2, 0.25) is 11.8 Å². The molecule has 3 aromatic carbocycles. The highest BCUT2D eigenvalue weighted by atomic mass is 19.4. The molecule has 2 N–H and O–H groups in total. The van der Waals surface area contributed by atoms with E-state index in [1.165, 1.54) is 40.6 Å². The highest BCUT2D eigenvalue weighted by Crippen LogP contribution is 2.36. The number of hydrogen-bond acceptors (Lipinski definition) is 7. The van der Waals surface area contributed by atoms with Crippen LogP contribution in [0.3, 0.4) is 0 Å². The molecule has 3 saturated heterocycles. The van der Waals surface area contributed by atoms with Gasteiger partial charge >= 0.3 is 6.36 Å². The molecule has 0 saturated carbocycles. The maximum atomic E-state index is 14.2. The summed E-state index contributed by atoms with van der Waals surface area (Å²) < 4.78 is 60.9. The number of fused-ring (bicyclic) bond motifs is 1. The van der Waals surface area contributed by atoms with Gasteiger partial charge in [-0.2, -0.15) is 0 Å². The van der Waals surface area contributed by atoms with E-state index in [4.69, 9.17) is 0 Å². The van der Waals surface area contributed by atoms with Gasteiger partial charge in [-0.3, -0.25) is 24.6 Å². The fourth-order valence-corrected chi connectivity index (χ4v) is 8.15. The van der Waals surface area contributed by atoms with Crippen molar-refractivity contribution < 1.29 is 31.9 Å². The Morgan fingerprint density at radius 1 is 0.852 bits per heavy atom. The number of ether oxygens (including phenoxy) is 1. The normalized spacial score (nSPS) is 19.6. The van der Waals surface area contributed by atoms with Crippen LogP contribution >= 0.6 is 0 Å². The van der Waals surface area contributed by atoms with Crippen molar-refractivity contribution in [1.29, 1.82) is 0 Å². The van der Waals surface area contributed by atoms with Crippen molar-refractivity contribution in [2.45, 2.75) is 69.8 Å². The molecule has 3 fully saturated rings. The Morgan fingerprint density at radius 2 is 1.57 bits per heavy atom. The second-order valence-electron chi connectivity index (χ2n) is 14.9. The lowest BCUT2D eigenvalue weighted by Crippen LogP contribution is -2.47. The first kappa shape index (κ1) is 37.6. The predicted octanol–water partition coefficient (Wildman–Crippen LogP) is 6.94. The minimum atomic E-state index is -4.89. The Bertz CT molecular complexity index is 2050. The van der Waals surface area contributed by atoms with Crippen molar-refractivity contribution in [3.63, 3.8) is 0 Å². The number of likely N-dealkylation sites (tertiary alicyclic amines) is 2. The quantitative estimate of drug-likeness (QED) is 0.134. The number of imide groups is 1. The van der Waals surface area contributed by atoms with Gasteiger partial charge in [-0.1, -0.05) is 24.3 Å². The van der Waals surface area contributed by atoms with Gasteiger partial charge in [-0.05, 0) is 136 Å². The lowest BCUT2D eigenvalue weighted by atomic mass is 9.88. The molecule has 286 valence electrons. The Hall–Kier alpha value is -4.75. The number of amides is 2. The maximum Gasteiger partial charge on any atom is 0.573 e. The van der Waals surface area contributed by atoms with Crippen LogP contribution in [0.4, 0.5) is 23.2 Å². The third-order valence-electron chi connectivity index (χ3n) is 11.3. The van der Waals surface area contributed by atoms with E-state index in [9.17, 15) is 31.9 Å². The van der Waals surface area contributed by atoms with Crippen LogP contribution in [0.2, 0.25) is 0 Å². The highest BCUT2D eigenvalue weighted by Gasteiger charge is 2.33. The van der Waals surface area contributed by atoms with Crippen molar-refractivity contribution >= 4 is 28.3 Å². The number of carbonyl (C=O) groups excluding carboxylic acids is 2. The van der Waals surface area contributed by atoms with Gasteiger partial charge in [0, 0.05) is 48.4 Å². The van der Waals surface area contributed by atoms with E-state index in [1.54, 1.807) is 19.2 Å². The minimum Gasteiger partial charge on any atom is -0.405 e. The minimum absolute atomic E-state index is 0.225. The number of benzene rings is 3. The van der Waals surface area contributed by atoms with Gasteiger partial charge in [-0.15, -0.1) is 13.2 Å². The molecule has 0 radical (unpaired) electrons. The van der Waals surface area contributed by atoms with Crippen LogP contribution in [0.15, 0.2) is 71.7 Å². The zero-order chi connectivity index (χ0) is 38.0. The second-order valence-corrected chi connectivity index (χ2v) is 14.9. The van der Waals surface area contributed by atoms with Gasteiger partial charge in [0.05, 0.1) is 0 Å². The van der Waals surface area contributed by atoms with Crippen LogP contribution in [-0.4, -0.2) is 71.3 Å². The molecule has 3 aliphatic heterocycles. The first-order chi connectivity index (χ1) is 25.9. The molecule has 0 bridgehead atoms. The number of nitrogens with zero attached hydrogens (tertiary/aromatic N) is 3. The molecule has 1 atom stereocenters. The van der Waals surface area contributed by atoms with E-state index in [0.29, 0.717) is 53.3 Å². The number of halogens is 4.